The maximum Gasteiger partial charge on any atom is 0.137 e. The van der Waals surface area contributed by atoms with Crippen LogP contribution in [-0.2, 0) is 0 Å². The van der Waals surface area contributed by atoms with Crippen molar-refractivity contribution >= 4 is 103 Å². The van der Waals surface area contributed by atoms with Crippen molar-refractivity contribution < 1.29 is 8.83 Å². The summed E-state index contributed by atoms with van der Waals surface area (Å²) in [4.78, 5) is 2.32. The second kappa shape index (κ2) is 12.2. The number of nitrogens with zero attached hydrogens (tertiary/aromatic N) is 1. The average Bonchev–Trinajstić information content (AvgIpc) is 3.93. The van der Waals surface area contributed by atoms with Gasteiger partial charge in [-0.1, -0.05) is 121 Å². The van der Waals surface area contributed by atoms with Crippen molar-refractivity contribution in [3.63, 3.8) is 0 Å². The van der Waals surface area contributed by atoms with Gasteiger partial charge in [0.25, 0.3) is 0 Å². The van der Waals surface area contributed by atoms with Gasteiger partial charge in [0.05, 0.1) is 0 Å². The van der Waals surface area contributed by atoms with E-state index in [0.717, 1.165) is 60.9 Å². The molecule has 56 heavy (non-hydrogen) atoms. The summed E-state index contributed by atoms with van der Waals surface area (Å²) in [6, 6.07) is 67.3. The number of para-hydroxylation sites is 2. The Bertz CT molecular complexity index is 3380. The number of furan rings is 2. The predicted molar refractivity (Wildman–Crippen MR) is 237 cm³/mol. The van der Waals surface area contributed by atoms with Crippen molar-refractivity contribution in [3.8, 4) is 22.3 Å². The summed E-state index contributed by atoms with van der Waals surface area (Å²) in [5.41, 5.74) is 11.5. The molecule has 0 bridgehead atoms. The van der Waals surface area contributed by atoms with Crippen molar-refractivity contribution in [2.45, 2.75) is 0 Å². The number of rotatable bonds is 5. The Morgan fingerprint density at radius 1 is 0.339 bits per heavy atom. The monoisotopic (exact) mass is 733 g/mol. The zero-order valence-electron chi connectivity index (χ0n) is 30.1. The molecule has 0 saturated heterocycles. The van der Waals surface area contributed by atoms with Crippen LogP contribution in [0.4, 0.5) is 17.1 Å². The Labute approximate surface area is 325 Å². The third-order valence-electron chi connectivity index (χ3n) is 11.3. The highest BCUT2D eigenvalue weighted by Gasteiger charge is 2.19. The van der Waals surface area contributed by atoms with Gasteiger partial charge in [-0.3, -0.25) is 0 Å². The minimum Gasteiger partial charge on any atom is -0.456 e. The first-order valence-corrected chi connectivity index (χ1v) is 19.7. The lowest BCUT2D eigenvalue weighted by atomic mass is 9.91. The van der Waals surface area contributed by atoms with Crippen LogP contribution in [0, 0.1) is 0 Å². The quantitative estimate of drug-likeness (QED) is 0.176. The van der Waals surface area contributed by atoms with Crippen molar-refractivity contribution in [1.29, 1.82) is 0 Å². The van der Waals surface area contributed by atoms with Crippen LogP contribution >= 0.6 is 11.3 Å². The fraction of sp³-hybridized carbons (Fsp3) is 0. The van der Waals surface area contributed by atoms with Gasteiger partial charge in [-0.2, -0.15) is 0 Å². The fourth-order valence-corrected chi connectivity index (χ4v) is 9.85. The number of fused-ring (bicyclic) bond motifs is 10. The van der Waals surface area contributed by atoms with E-state index >= 15 is 0 Å². The Balaban J connectivity index is 1.02. The molecule has 0 radical (unpaired) electrons. The van der Waals surface area contributed by atoms with Gasteiger partial charge in [-0.25, -0.2) is 0 Å². The Morgan fingerprint density at radius 2 is 0.839 bits per heavy atom. The third-order valence-corrected chi connectivity index (χ3v) is 12.4. The molecular weight excluding hydrogens is 703 g/mol. The molecule has 3 heterocycles. The van der Waals surface area contributed by atoms with Gasteiger partial charge >= 0.3 is 0 Å². The smallest absolute Gasteiger partial charge is 0.137 e. The van der Waals surface area contributed by atoms with Gasteiger partial charge in [-0.15, -0.1) is 11.3 Å². The molecule has 0 aliphatic heterocycles. The number of benzene rings is 9. The molecule has 0 saturated carbocycles. The SMILES string of the molecule is c1ccc(-c2cccc3cccc(-c4ccc5c(c4)sc4cc(N(c6ccc7c(c6)oc6ccccc67)c6ccc7c(c6)oc6ccccc67)ccc45)c23)cc1. The maximum atomic E-state index is 6.40. The van der Waals surface area contributed by atoms with Crippen LogP contribution in [0.15, 0.2) is 197 Å². The molecule has 0 atom stereocenters. The molecule has 3 nitrogen and oxygen atoms in total. The topological polar surface area (TPSA) is 29.5 Å². The maximum absolute atomic E-state index is 6.40. The molecule has 4 heteroatoms. The largest absolute Gasteiger partial charge is 0.456 e. The molecule has 0 aliphatic carbocycles. The lowest BCUT2D eigenvalue weighted by Gasteiger charge is -2.25. The number of anilines is 3. The highest BCUT2D eigenvalue weighted by molar-refractivity contribution is 7.25. The number of thiophene rings is 1. The van der Waals surface area contributed by atoms with Crippen molar-refractivity contribution in [1.82, 2.24) is 0 Å². The second-order valence-electron chi connectivity index (χ2n) is 14.5. The summed E-state index contributed by atoms with van der Waals surface area (Å²) in [7, 11) is 0. The molecule has 0 fully saturated rings. The summed E-state index contributed by atoms with van der Waals surface area (Å²) in [6.07, 6.45) is 0. The van der Waals surface area contributed by atoms with Crippen molar-refractivity contribution in [2.24, 2.45) is 0 Å². The van der Waals surface area contributed by atoms with Crippen LogP contribution in [0.25, 0.3) is 97.1 Å². The van der Waals surface area contributed by atoms with E-state index in [1.165, 1.54) is 53.2 Å². The van der Waals surface area contributed by atoms with Crippen LogP contribution in [-0.4, -0.2) is 0 Å². The van der Waals surface area contributed by atoms with Crippen LogP contribution in [0.3, 0.4) is 0 Å². The zero-order valence-corrected chi connectivity index (χ0v) is 30.9. The first kappa shape index (κ1) is 31.2. The van der Waals surface area contributed by atoms with Gasteiger partial charge in [0.1, 0.15) is 22.3 Å². The van der Waals surface area contributed by atoms with E-state index in [2.05, 4.69) is 169 Å². The highest BCUT2D eigenvalue weighted by atomic mass is 32.1. The lowest BCUT2D eigenvalue weighted by molar-refractivity contribution is 0.669. The first-order chi connectivity index (χ1) is 27.7. The zero-order chi connectivity index (χ0) is 36.7. The summed E-state index contributed by atoms with van der Waals surface area (Å²) in [5.74, 6) is 0. The normalized spacial score (nSPS) is 11.9. The Kier molecular flexibility index (Phi) is 6.80. The van der Waals surface area contributed by atoms with Crippen molar-refractivity contribution in [3.05, 3.63) is 188 Å². The minimum atomic E-state index is 0.859. The van der Waals surface area contributed by atoms with E-state index in [0.29, 0.717) is 0 Å². The van der Waals surface area contributed by atoms with Crippen LogP contribution in [0.2, 0.25) is 0 Å². The summed E-state index contributed by atoms with van der Waals surface area (Å²) < 4.78 is 15.3. The van der Waals surface area contributed by atoms with E-state index < -0.39 is 0 Å². The lowest BCUT2D eigenvalue weighted by Crippen LogP contribution is -2.09. The first-order valence-electron chi connectivity index (χ1n) is 18.9. The van der Waals surface area contributed by atoms with Gasteiger partial charge < -0.3 is 13.7 Å². The molecule has 12 rings (SSSR count). The van der Waals surface area contributed by atoms with Crippen LogP contribution < -0.4 is 4.90 Å². The van der Waals surface area contributed by atoms with E-state index in [4.69, 9.17) is 8.83 Å². The highest BCUT2D eigenvalue weighted by Crippen LogP contribution is 2.45. The predicted octanol–water partition coefficient (Wildman–Crippen LogP) is 15.8. The summed E-state index contributed by atoms with van der Waals surface area (Å²) in [5, 5.41) is 9.50. The molecule has 12 aromatic rings. The molecule has 3 aromatic heterocycles. The Morgan fingerprint density at radius 3 is 1.48 bits per heavy atom. The summed E-state index contributed by atoms with van der Waals surface area (Å²) in [6.45, 7) is 0. The van der Waals surface area contributed by atoms with E-state index in [1.807, 2.05) is 35.6 Å². The van der Waals surface area contributed by atoms with Gasteiger partial charge in [-0.05, 0) is 87.6 Å². The Hall–Kier alpha value is -7.14. The molecule has 0 spiro atoms. The van der Waals surface area contributed by atoms with Gasteiger partial charge in [0.15, 0.2) is 0 Å². The fourth-order valence-electron chi connectivity index (χ4n) is 8.67. The van der Waals surface area contributed by atoms with Gasteiger partial charge in [0.2, 0.25) is 0 Å². The molecule has 0 unspecified atom stereocenters. The van der Waals surface area contributed by atoms with Crippen LogP contribution in [0.1, 0.15) is 0 Å². The summed E-state index contributed by atoms with van der Waals surface area (Å²) >= 11 is 1.85. The molecular formula is C52H31NO2S. The van der Waals surface area contributed by atoms with E-state index in [9.17, 15) is 0 Å². The van der Waals surface area contributed by atoms with E-state index in [-0.39, 0.29) is 0 Å². The number of hydrogen-bond donors (Lipinski definition) is 0. The average molecular weight is 734 g/mol. The number of hydrogen-bond acceptors (Lipinski definition) is 4. The van der Waals surface area contributed by atoms with E-state index in [1.54, 1.807) is 0 Å². The van der Waals surface area contributed by atoms with Gasteiger partial charge in [0, 0.05) is 70.9 Å². The third kappa shape index (κ3) is 4.83. The minimum absolute atomic E-state index is 0.859. The molecule has 0 N–H and O–H groups in total. The molecule has 262 valence electrons. The van der Waals surface area contributed by atoms with Crippen LogP contribution in [0.5, 0.6) is 0 Å². The molecule has 9 aromatic carbocycles. The molecule has 0 aliphatic rings. The standard InChI is InChI=1S/C52H31NO2S/c1-2-10-32(11-3-1)38-16-8-12-33-13-9-17-39(52(33)38)34-20-24-44-45-27-23-37(31-51(45)56-50(44)28-34)53(35-21-25-42-40-14-4-6-18-46(40)54-48(42)29-35)36-22-26-43-41-15-5-7-19-47(41)55-49(43)30-36/h1-31H. The van der Waals surface area contributed by atoms with Crippen molar-refractivity contribution in [2.75, 3.05) is 4.90 Å². The molecule has 0 amide bonds. The second-order valence-corrected chi connectivity index (χ2v) is 15.5.